The van der Waals surface area contributed by atoms with Crippen molar-refractivity contribution >= 4 is 8.07 Å². The highest BCUT2D eigenvalue weighted by atomic mass is 28.3. The number of nitrogens with zero attached hydrogens (tertiary/aromatic N) is 1. The molecular weight excluding hydrogens is 224 g/mol. The van der Waals surface area contributed by atoms with Gasteiger partial charge in [0.25, 0.3) is 5.56 Å². The minimum absolute atomic E-state index is 0.410. The highest BCUT2D eigenvalue weighted by molar-refractivity contribution is 6.76. The number of aromatic nitrogens is 2. The van der Waals surface area contributed by atoms with Gasteiger partial charge in [-0.1, -0.05) is 25.7 Å². The van der Waals surface area contributed by atoms with Crippen LogP contribution in [-0.2, 0) is 0 Å². The zero-order valence-corrected chi connectivity index (χ0v) is 10.9. The fraction of sp³-hybridized carbons (Fsp3) is 0.600. The topological polar surface area (TPSA) is 64.1 Å². The van der Waals surface area contributed by atoms with Gasteiger partial charge < -0.3 is 4.84 Å². The lowest BCUT2D eigenvalue weighted by atomic mass is 10.5. The molecule has 1 aromatic rings. The molecule has 0 aliphatic rings. The van der Waals surface area contributed by atoms with Crippen molar-refractivity contribution in [1.29, 1.82) is 0 Å². The molecular formula is C10H18N2O3Si. The largest absolute Gasteiger partial charge is 0.410 e. The van der Waals surface area contributed by atoms with Crippen molar-refractivity contribution < 1.29 is 4.84 Å². The number of hydrogen-bond donors (Lipinski definition) is 1. The molecule has 16 heavy (non-hydrogen) atoms. The highest BCUT2D eigenvalue weighted by Gasteiger charge is 2.11. The second-order valence-corrected chi connectivity index (χ2v) is 10.6. The summed E-state index contributed by atoms with van der Waals surface area (Å²) < 4.78 is 1.06. The molecule has 0 aromatic carbocycles. The lowest BCUT2D eigenvalue weighted by molar-refractivity contribution is 0.0984. The summed E-state index contributed by atoms with van der Waals surface area (Å²) in [5.41, 5.74) is -0.938. The molecule has 0 aliphatic heterocycles. The molecule has 0 fully saturated rings. The third-order valence-corrected chi connectivity index (χ3v) is 3.95. The molecule has 5 nitrogen and oxygen atoms in total. The van der Waals surface area contributed by atoms with Crippen LogP contribution in [0.4, 0.5) is 0 Å². The van der Waals surface area contributed by atoms with Crippen LogP contribution in [0.25, 0.3) is 0 Å². The maximum Gasteiger partial charge on any atom is 0.361 e. The molecule has 0 aliphatic carbocycles. The number of aromatic amines is 1. The quantitative estimate of drug-likeness (QED) is 0.610. The SMILES string of the molecule is C[Si](C)(C)CCCOn1ccc(=O)[nH]c1=O. The molecule has 1 aromatic heterocycles. The van der Waals surface area contributed by atoms with E-state index in [-0.39, 0.29) is 0 Å². The van der Waals surface area contributed by atoms with Gasteiger partial charge in [-0.15, -0.1) is 4.73 Å². The monoisotopic (exact) mass is 242 g/mol. The Morgan fingerprint density at radius 1 is 1.38 bits per heavy atom. The fourth-order valence-electron chi connectivity index (χ4n) is 1.27. The summed E-state index contributed by atoms with van der Waals surface area (Å²) in [5.74, 6) is 0. The minimum Gasteiger partial charge on any atom is -0.410 e. The van der Waals surface area contributed by atoms with Crippen LogP contribution in [0.1, 0.15) is 6.42 Å². The smallest absolute Gasteiger partial charge is 0.361 e. The Bertz CT molecular complexity index is 444. The van der Waals surface area contributed by atoms with Gasteiger partial charge in [0.15, 0.2) is 0 Å². The molecule has 0 bridgehead atoms. The van der Waals surface area contributed by atoms with Crippen molar-refractivity contribution in [3.63, 3.8) is 0 Å². The molecule has 6 heteroatoms. The minimum atomic E-state index is -1.04. The van der Waals surface area contributed by atoms with Crippen LogP contribution in [0.2, 0.25) is 25.7 Å². The van der Waals surface area contributed by atoms with Crippen LogP contribution in [0.5, 0.6) is 0 Å². The van der Waals surface area contributed by atoms with Crippen molar-refractivity contribution in [3.05, 3.63) is 33.1 Å². The molecule has 0 spiro atoms. The Morgan fingerprint density at radius 2 is 2.06 bits per heavy atom. The van der Waals surface area contributed by atoms with Gasteiger partial charge in [0, 0.05) is 14.1 Å². The fourth-order valence-corrected chi connectivity index (χ4v) is 2.48. The van der Waals surface area contributed by atoms with Crippen LogP contribution < -0.4 is 16.1 Å². The molecule has 0 atom stereocenters. The van der Waals surface area contributed by atoms with Crippen molar-refractivity contribution in [3.8, 4) is 0 Å². The van der Waals surface area contributed by atoms with Gasteiger partial charge in [-0.25, -0.2) is 4.79 Å². The van der Waals surface area contributed by atoms with Crippen molar-refractivity contribution in [2.24, 2.45) is 0 Å². The van der Waals surface area contributed by atoms with Gasteiger partial charge in [0.1, 0.15) is 6.61 Å². The van der Waals surface area contributed by atoms with Crippen LogP contribution in [0.15, 0.2) is 21.9 Å². The lowest BCUT2D eigenvalue weighted by Crippen LogP contribution is -2.33. The normalized spacial score (nSPS) is 11.4. The van der Waals surface area contributed by atoms with Crippen molar-refractivity contribution in [1.82, 2.24) is 9.71 Å². The Balaban J connectivity index is 2.44. The zero-order valence-electron chi connectivity index (χ0n) is 9.95. The van der Waals surface area contributed by atoms with E-state index in [0.717, 1.165) is 17.2 Å². The van der Waals surface area contributed by atoms with E-state index in [0.29, 0.717) is 6.61 Å². The third-order valence-electron chi connectivity index (χ3n) is 2.09. The Morgan fingerprint density at radius 3 is 2.62 bits per heavy atom. The summed E-state index contributed by atoms with van der Waals surface area (Å²) in [5, 5.41) is 0. The van der Waals surface area contributed by atoms with E-state index in [9.17, 15) is 9.59 Å². The lowest BCUT2D eigenvalue weighted by Gasteiger charge is -2.15. The highest BCUT2D eigenvalue weighted by Crippen LogP contribution is 2.09. The first-order chi connectivity index (χ1) is 7.38. The number of hydrogen-bond acceptors (Lipinski definition) is 3. The number of rotatable bonds is 5. The second kappa shape index (κ2) is 5.15. The zero-order chi connectivity index (χ0) is 12.2. The van der Waals surface area contributed by atoms with Crippen LogP contribution in [-0.4, -0.2) is 24.4 Å². The summed E-state index contributed by atoms with van der Waals surface area (Å²) in [7, 11) is -1.04. The maximum absolute atomic E-state index is 11.2. The van der Waals surface area contributed by atoms with Gasteiger partial charge >= 0.3 is 5.69 Å². The summed E-state index contributed by atoms with van der Waals surface area (Å²) in [6.07, 6.45) is 2.27. The first-order valence-electron chi connectivity index (χ1n) is 5.34. The van der Waals surface area contributed by atoms with E-state index < -0.39 is 19.3 Å². The number of nitrogens with one attached hydrogen (secondary N) is 1. The van der Waals surface area contributed by atoms with Gasteiger partial charge in [-0.3, -0.25) is 9.78 Å². The van der Waals surface area contributed by atoms with Crippen molar-refractivity contribution in [2.45, 2.75) is 32.1 Å². The standard InChI is InChI=1S/C10H18N2O3Si/c1-16(2,3)8-4-7-15-12-6-5-9(13)11-10(12)14/h5-6H,4,7-8H2,1-3H3,(H,11,13,14). The molecule has 1 N–H and O–H groups in total. The van der Waals surface area contributed by atoms with E-state index in [2.05, 4.69) is 24.6 Å². The first kappa shape index (κ1) is 12.8. The van der Waals surface area contributed by atoms with Gasteiger partial charge in [-0.05, 0) is 6.42 Å². The predicted octanol–water partition coefficient (Wildman–Crippen LogP) is 0.693. The predicted molar refractivity (Wildman–Crippen MR) is 65.5 cm³/mol. The summed E-state index contributed by atoms with van der Waals surface area (Å²) in [6, 6.07) is 2.42. The molecule has 0 saturated heterocycles. The Hall–Kier alpha value is -1.30. The van der Waals surface area contributed by atoms with Crippen molar-refractivity contribution in [2.75, 3.05) is 6.61 Å². The average Bonchev–Trinajstić information content (AvgIpc) is 2.13. The van der Waals surface area contributed by atoms with E-state index in [1.807, 2.05) is 0 Å². The molecule has 0 radical (unpaired) electrons. The Kier molecular flexibility index (Phi) is 4.11. The van der Waals surface area contributed by atoms with E-state index in [1.165, 1.54) is 12.3 Å². The first-order valence-corrected chi connectivity index (χ1v) is 9.04. The van der Waals surface area contributed by atoms with E-state index in [1.54, 1.807) is 0 Å². The molecule has 1 heterocycles. The van der Waals surface area contributed by atoms with E-state index >= 15 is 0 Å². The summed E-state index contributed by atoms with van der Waals surface area (Å²) in [4.78, 5) is 29.4. The van der Waals surface area contributed by atoms with Crippen LogP contribution >= 0.6 is 0 Å². The molecule has 0 unspecified atom stereocenters. The van der Waals surface area contributed by atoms with E-state index in [4.69, 9.17) is 4.84 Å². The molecule has 0 saturated carbocycles. The molecule has 0 amide bonds. The second-order valence-electron chi connectivity index (χ2n) is 4.93. The number of H-pyrrole nitrogens is 1. The van der Waals surface area contributed by atoms with Crippen LogP contribution in [0, 0.1) is 0 Å². The van der Waals surface area contributed by atoms with Crippen LogP contribution in [0.3, 0.4) is 0 Å². The third kappa shape index (κ3) is 4.48. The Labute approximate surface area is 95.0 Å². The maximum atomic E-state index is 11.2. The molecule has 90 valence electrons. The van der Waals surface area contributed by atoms with Gasteiger partial charge in [0.2, 0.25) is 0 Å². The summed E-state index contributed by atoms with van der Waals surface area (Å²) >= 11 is 0. The van der Waals surface area contributed by atoms with Gasteiger partial charge in [-0.2, -0.15) is 0 Å². The van der Waals surface area contributed by atoms with Gasteiger partial charge in [0.05, 0.1) is 6.20 Å². The average molecular weight is 242 g/mol. The molecule has 1 rings (SSSR count). The summed E-state index contributed by atoms with van der Waals surface area (Å²) in [6.45, 7) is 7.37.